The predicted octanol–water partition coefficient (Wildman–Crippen LogP) is 3.38. The molecule has 1 amide bonds. The summed E-state index contributed by atoms with van der Waals surface area (Å²) in [7, 11) is 1.24. The molecule has 0 aromatic carbocycles. The second-order valence-electron chi connectivity index (χ2n) is 10.6. The molecule has 8 nitrogen and oxygen atoms in total. The third kappa shape index (κ3) is 4.52. The number of rotatable bonds is 2. The van der Waals surface area contributed by atoms with Gasteiger partial charge in [-0.1, -0.05) is 0 Å². The molecule has 0 fully saturated rings. The van der Waals surface area contributed by atoms with Crippen LogP contribution in [0.15, 0.2) is 11.3 Å². The molecule has 2 atom stereocenters. The first-order valence-corrected chi connectivity index (χ1v) is 10.0. The molecule has 0 radical (unpaired) electrons. The second kappa shape index (κ2) is 7.39. The highest BCUT2D eigenvalue weighted by Crippen LogP contribution is 2.51. The van der Waals surface area contributed by atoms with E-state index in [1.165, 1.54) is 12.0 Å². The first kappa shape index (κ1) is 23.9. The molecule has 1 heterocycles. The lowest BCUT2D eigenvalue weighted by molar-refractivity contribution is -0.168. The standard InChI is InChI=1S/C22H33NO7/c1-19(2,3)29-16(25)21(7)10-13-15(14(24)11-21)22(8,17(26)28-9)12-23(13)18(27)30-20(4,5)6/h10-12H2,1-9H3/t21-,22+/m0/s1. The van der Waals surface area contributed by atoms with Crippen molar-refractivity contribution in [1.29, 1.82) is 0 Å². The fourth-order valence-electron chi connectivity index (χ4n) is 3.90. The average molecular weight is 424 g/mol. The summed E-state index contributed by atoms with van der Waals surface area (Å²) in [4.78, 5) is 52.9. The van der Waals surface area contributed by atoms with Crippen LogP contribution in [-0.2, 0) is 28.6 Å². The first-order chi connectivity index (χ1) is 13.4. The van der Waals surface area contributed by atoms with E-state index in [0.717, 1.165) is 0 Å². The van der Waals surface area contributed by atoms with E-state index in [2.05, 4.69) is 0 Å². The van der Waals surface area contributed by atoms with E-state index in [0.29, 0.717) is 5.70 Å². The zero-order valence-electron chi connectivity index (χ0n) is 19.4. The minimum atomic E-state index is -1.33. The summed E-state index contributed by atoms with van der Waals surface area (Å²) in [5.41, 5.74) is -3.45. The highest BCUT2D eigenvalue weighted by molar-refractivity contribution is 6.07. The van der Waals surface area contributed by atoms with Crippen LogP contribution in [-0.4, -0.2) is 53.6 Å². The van der Waals surface area contributed by atoms with Gasteiger partial charge in [-0.05, 0) is 55.4 Å². The van der Waals surface area contributed by atoms with Crippen molar-refractivity contribution in [2.24, 2.45) is 10.8 Å². The van der Waals surface area contributed by atoms with Crippen LogP contribution in [0.25, 0.3) is 0 Å². The number of ketones is 1. The Hall–Kier alpha value is -2.38. The van der Waals surface area contributed by atoms with E-state index < -0.39 is 40.1 Å². The lowest BCUT2D eigenvalue weighted by atomic mass is 9.69. The summed E-state index contributed by atoms with van der Waals surface area (Å²) >= 11 is 0. The predicted molar refractivity (Wildman–Crippen MR) is 108 cm³/mol. The van der Waals surface area contributed by atoms with Gasteiger partial charge >= 0.3 is 18.0 Å². The number of amides is 1. The van der Waals surface area contributed by atoms with Gasteiger partial charge in [-0.3, -0.25) is 19.3 Å². The highest BCUT2D eigenvalue weighted by atomic mass is 16.6. The van der Waals surface area contributed by atoms with E-state index in [1.807, 2.05) is 0 Å². The Morgan fingerprint density at radius 3 is 1.90 bits per heavy atom. The van der Waals surface area contributed by atoms with Gasteiger partial charge in [-0.2, -0.15) is 0 Å². The van der Waals surface area contributed by atoms with Gasteiger partial charge in [0.05, 0.1) is 12.5 Å². The Morgan fingerprint density at radius 2 is 1.43 bits per heavy atom. The molecule has 0 N–H and O–H groups in total. The summed E-state index contributed by atoms with van der Waals surface area (Å²) in [5.74, 6) is -1.51. The number of allylic oxidation sites excluding steroid dienone is 1. The molecule has 0 saturated heterocycles. The van der Waals surface area contributed by atoms with Crippen molar-refractivity contribution in [3.63, 3.8) is 0 Å². The maximum Gasteiger partial charge on any atom is 0.414 e. The monoisotopic (exact) mass is 423 g/mol. The molecule has 30 heavy (non-hydrogen) atoms. The van der Waals surface area contributed by atoms with E-state index in [4.69, 9.17) is 14.2 Å². The van der Waals surface area contributed by atoms with Crippen LogP contribution in [0.5, 0.6) is 0 Å². The smallest absolute Gasteiger partial charge is 0.414 e. The fourth-order valence-corrected chi connectivity index (χ4v) is 3.90. The molecule has 1 aliphatic carbocycles. The number of carbonyl (C=O) groups excluding carboxylic acids is 4. The zero-order valence-corrected chi connectivity index (χ0v) is 19.4. The summed E-state index contributed by atoms with van der Waals surface area (Å²) < 4.78 is 16.0. The molecule has 2 rings (SSSR count). The number of methoxy groups -OCH3 is 1. The quantitative estimate of drug-likeness (QED) is 0.496. The SMILES string of the molecule is COC(=O)[C@]1(C)CN(C(=O)OC(C)(C)C)C2=C1C(=O)C[C@@](C)(C(=O)OC(C)(C)C)C2. The molecule has 8 heteroatoms. The van der Waals surface area contributed by atoms with Crippen LogP contribution in [0, 0.1) is 10.8 Å². The molecule has 0 unspecified atom stereocenters. The molecule has 0 aromatic rings. The van der Waals surface area contributed by atoms with Crippen molar-refractivity contribution in [3.8, 4) is 0 Å². The van der Waals surface area contributed by atoms with Gasteiger partial charge in [-0.15, -0.1) is 0 Å². The topological polar surface area (TPSA) is 99.2 Å². The van der Waals surface area contributed by atoms with Crippen molar-refractivity contribution in [2.75, 3.05) is 13.7 Å². The summed E-state index contributed by atoms with van der Waals surface area (Å²) in [5, 5.41) is 0. The van der Waals surface area contributed by atoms with Gasteiger partial charge < -0.3 is 14.2 Å². The maximum absolute atomic E-state index is 13.2. The Kier molecular flexibility index (Phi) is 5.89. The second-order valence-corrected chi connectivity index (χ2v) is 10.6. The van der Waals surface area contributed by atoms with Crippen molar-refractivity contribution in [1.82, 2.24) is 4.90 Å². The molecule has 168 valence electrons. The van der Waals surface area contributed by atoms with Gasteiger partial charge in [0, 0.05) is 30.7 Å². The number of nitrogens with zero attached hydrogens (tertiary/aromatic N) is 1. The lowest BCUT2D eigenvalue weighted by Gasteiger charge is -2.36. The van der Waals surface area contributed by atoms with E-state index >= 15 is 0 Å². The Balaban J connectivity index is 2.53. The molecule has 2 aliphatic rings. The molecule has 0 saturated carbocycles. The molecule has 0 aromatic heterocycles. The largest absolute Gasteiger partial charge is 0.468 e. The molecule has 0 spiro atoms. The normalized spacial score (nSPS) is 27.0. The van der Waals surface area contributed by atoms with Crippen molar-refractivity contribution in [3.05, 3.63) is 11.3 Å². The van der Waals surface area contributed by atoms with Crippen LogP contribution < -0.4 is 0 Å². The summed E-state index contributed by atoms with van der Waals surface area (Å²) in [6, 6.07) is 0. The fraction of sp³-hybridized carbons (Fsp3) is 0.727. The molecular formula is C22H33NO7. The maximum atomic E-state index is 13.2. The molecular weight excluding hydrogens is 390 g/mol. The number of Topliss-reactive ketones (excluding diaryl/α,β-unsaturated/α-hetero) is 1. The van der Waals surface area contributed by atoms with Crippen molar-refractivity contribution >= 4 is 23.8 Å². The number of esters is 2. The molecule has 0 bridgehead atoms. The van der Waals surface area contributed by atoms with Crippen LogP contribution >= 0.6 is 0 Å². The van der Waals surface area contributed by atoms with Gasteiger partial charge in [0.2, 0.25) is 0 Å². The Labute approximate surface area is 177 Å². The third-order valence-electron chi connectivity index (χ3n) is 5.17. The average Bonchev–Trinajstić information content (AvgIpc) is 2.85. The summed E-state index contributed by atoms with van der Waals surface area (Å²) in [6.07, 6.45) is -0.714. The van der Waals surface area contributed by atoms with Gasteiger partial charge in [-0.25, -0.2) is 4.79 Å². The van der Waals surface area contributed by atoms with E-state index in [9.17, 15) is 19.2 Å². The minimum Gasteiger partial charge on any atom is -0.468 e. The third-order valence-corrected chi connectivity index (χ3v) is 5.17. The van der Waals surface area contributed by atoms with Crippen molar-refractivity contribution in [2.45, 2.75) is 79.4 Å². The van der Waals surface area contributed by atoms with Crippen LogP contribution in [0.1, 0.15) is 68.2 Å². The first-order valence-electron chi connectivity index (χ1n) is 10.0. The number of hydrogen-bond acceptors (Lipinski definition) is 7. The zero-order chi connectivity index (χ0) is 23.3. The van der Waals surface area contributed by atoms with Gasteiger partial charge in [0.15, 0.2) is 5.78 Å². The van der Waals surface area contributed by atoms with E-state index in [1.54, 1.807) is 55.4 Å². The van der Waals surface area contributed by atoms with E-state index in [-0.39, 0.29) is 30.7 Å². The Bertz CT molecular complexity index is 814. The van der Waals surface area contributed by atoms with Crippen LogP contribution in [0.3, 0.4) is 0 Å². The van der Waals surface area contributed by atoms with Crippen LogP contribution in [0.4, 0.5) is 4.79 Å². The lowest BCUT2D eigenvalue weighted by Crippen LogP contribution is -2.43. The number of hydrogen-bond donors (Lipinski definition) is 0. The van der Waals surface area contributed by atoms with Gasteiger partial charge in [0.1, 0.15) is 16.6 Å². The highest BCUT2D eigenvalue weighted by Gasteiger charge is 2.58. The van der Waals surface area contributed by atoms with Gasteiger partial charge in [0.25, 0.3) is 0 Å². The van der Waals surface area contributed by atoms with Crippen LogP contribution in [0.2, 0.25) is 0 Å². The summed E-state index contributed by atoms with van der Waals surface area (Å²) in [6.45, 7) is 13.6. The van der Waals surface area contributed by atoms with Crippen molar-refractivity contribution < 1.29 is 33.4 Å². The number of ether oxygens (including phenoxy) is 3. The number of carbonyl (C=O) groups is 4. The Morgan fingerprint density at radius 1 is 0.900 bits per heavy atom. The minimum absolute atomic E-state index is 0.0782. The molecule has 1 aliphatic heterocycles.